The number of esters is 1. The zero-order chi connectivity index (χ0) is 11.4. The maximum atomic E-state index is 11.6. The van der Waals surface area contributed by atoms with E-state index in [1.807, 2.05) is 0 Å². The van der Waals surface area contributed by atoms with E-state index >= 15 is 0 Å². The van der Waals surface area contributed by atoms with Crippen LogP contribution in [0.1, 0.15) is 10.4 Å². The summed E-state index contributed by atoms with van der Waals surface area (Å²) >= 11 is 0. The lowest BCUT2D eigenvalue weighted by Crippen LogP contribution is -2.08. The summed E-state index contributed by atoms with van der Waals surface area (Å²) < 4.78 is 10.0. The van der Waals surface area contributed by atoms with Crippen LogP contribution in [0, 0.1) is 0 Å². The number of benzene rings is 1. The van der Waals surface area contributed by atoms with Gasteiger partial charge in [-0.3, -0.25) is 0 Å². The molecule has 1 heterocycles. The standard InChI is InChI=1S/C11H10N2O3/c1-15-9-4-2-8(3-5-9)11(14)16-10-6-12-7-13-10/h2-7H,1H3,(H,12,13). The molecule has 1 aromatic heterocycles. The number of H-pyrrole nitrogens is 1. The summed E-state index contributed by atoms with van der Waals surface area (Å²) in [6, 6.07) is 6.67. The highest BCUT2D eigenvalue weighted by Crippen LogP contribution is 2.13. The summed E-state index contributed by atoms with van der Waals surface area (Å²) in [4.78, 5) is 18.0. The smallest absolute Gasteiger partial charge is 0.344 e. The van der Waals surface area contributed by atoms with E-state index in [0.717, 1.165) is 0 Å². The van der Waals surface area contributed by atoms with Gasteiger partial charge in [-0.05, 0) is 24.3 Å². The Labute approximate surface area is 92.0 Å². The van der Waals surface area contributed by atoms with Gasteiger partial charge < -0.3 is 14.5 Å². The number of ether oxygens (including phenoxy) is 2. The number of imidazole rings is 1. The summed E-state index contributed by atoms with van der Waals surface area (Å²) in [7, 11) is 1.57. The third-order valence-electron chi connectivity index (χ3n) is 2.00. The number of nitrogens with one attached hydrogen (secondary N) is 1. The lowest BCUT2D eigenvalue weighted by atomic mass is 10.2. The molecule has 1 N–H and O–H groups in total. The molecule has 0 aliphatic heterocycles. The molecule has 0 atom stereocenters. The molecule has 0 unspecified atom stereocenters. The van der Waals surface area contributed by atoms with Crippen molar-refractivity contribution >= 4 is 5.97 Å². The molecule has 0 fully saturated rings. The molecule has 0 bridgehead atoms. The first-order valence-corrected chi connectivity index (χ1v) is 4.64. The van der Waals surface area contributed by atoms with Gasteiger partial charge in [-0.2, -0.15) is 0 Å². The molecular weight excluding hydrogens is 208 g/mol. The second-order valence-corrected chi connectivity index (χ2v) is 3.03. The molecule has 82 valence electrons. The highest BCUT2D eigenvalue weighted by molar-refractivity contribution is 5.90. The van der Waals surface area contributed by atoms with E-state index in [1.165, 1.54) is 12.5 Å². The molecule has 5 heteroatoms. The fraction of sp³-hybridized carbons (Fsp3) is 0.0909. The lowest BCUT2D eigenvalue weighted by molar-refractivity contribution is 0.0728. The van der Waals surface area contributed by atoms with Gasteiger partial charge in [-0.1, -0.05) is 0 Å². The second-order valence-electron chi connectivity index (χ2n) is 3.03. The van der Waals surface area contributed by atoms with Crippen molar-refractivity contribution in [3.05, 3.63) is 42.4 Å². The molecule has 0 aliphatic carbocycles. The molecule has 0 saturated carbocycles. The van der Waals surface area contributed by atoms with Crippen molar-refractivity contribution in [2.75, 3.05) is 7.11 Å². The van der Waals surface area contributed by atoms with E-state index in [1.54, 1.807) is 31.4 Å². The van der Waals surface area contributed by atoms with Crippen LogP contribution in [0.2, 0.25) is 0 Å². The first kappa shape index (κ1) is 10.2. The minimum absolute atomic E-state index is 0.320. The van der Waals surface area contributed by atoms with Gasteiger partial charge in [0.2, 0.25) is 5.88 Å². The van der Waals surface area contributed by atoms with Gasteiger partial charge in [0.25, 0.3) is 0 Å². The maximum absolute atomic E-state index is 11.6. The average molecular weight is 218 g/mol. The van der Waals surface area contributed by atoms with Gasteiger partial charge >= 0.3 is 5.97 Å². The molecule has 0 radical (unpaired) electrons. The molecule has 5 nitrogen and oxygen atoms in total. The third kappa shape index (κ3) is 2.20. The van der Waals surface area contributed by atoms with Gasteiger partial charge in [-0.25, -0.2) is 9.78 Å². The molecular formula is C11H10N2O3. The van der Waals surface area contributed by atoms with Crippen LogP contribution in [0.3, 0.4) is 0 Å². The summed E-state index contributed by atoms with van der Waals surface area (Å²) in [5.41, 5.74) is 0.454. The van der Waals surface area contributed by atoms with Crippen molar-refractivity contribution in [1.29, 1.82) is 0 Å². The Balaban J connectivity index is 2.09. The first-order chi connectivity index (χ1) is 7.79. The SMILES string of the molecule is COc1ccc(C(=O)Oc2cnc[nH]2)cc1. The van der Waals surface area contributed by atoms with E-state index in [-0.39, 0.29) is 0 Å². The molecule has 16 heavy (non-hydrogen) atoms. The summed E-state index contributed by atoms with van der Waals surface area (Å²) in [6.45, 7) is 0. The Morgan fingerprint density at radius 3 is 2.62 bits per heavy atom. The molecule has 2 rings (SSSR count). The van der Waals surface area contributed by atoms with Crippen LogP contribution in [0.15, 0.2) is 36.8 Å². The fourth-order valence-corrected chi connectivity index (χ4v) is 1.18. The highest BCUT2D eigenvalue weighted by Gasteiger charge is 2.08. The molecule has 0 amide bonds. The number of aromatic amines is 1. The predicted molar refractivity (Wildman–Crippen MR) is 56.5 cm³/mol. The maximum Gasteiger partial charge on any atom is 0.344 e. The normalized spacial score (nSPS) is 9.81. The average Bonchev–Trinajstić information content (AvgIpc) is 2.82. The Morgan fingerprint density at radius 2 is 2.06 bits per heavy atom. The zero-order valence-corrected chi connectivity index (χ0v) is 8.64. The van der Waals surface area contributed by atoms with Crippen LogP contribution < -0.4 is 9.47 Å². The highest BCUT2D eigenvalue weighted by atomic mass is 16.5. The molecule has 0 aliphatic rings. The van der Waals surface area contributed by atoms with E-state index < -0.39 is 5.97 Å². The lowest BCUT2D eigenvalue weighted by Gasteiger charge is -2.02. The number of aromatic nitrogens is 2. The summed E-state index contributed by atoms with van der Waals surface area (Å²) in [6.07, 6.45) is 2.87. The topological polar surface area (TPSA) is 64.2 Å². The Kier molecular flexibility index (Phi) is 2.86. The van der Waals surface area contributed by atoms with Crippen LogP contribution in [0.4, 0.5) is 0 Å². The fourth-order valence-electron chi connectivity index (χ4n) is 1.18. The number of hydrogen-bond acceptors (Lipinski definition) is 4. The van der Waals surface area contributed by atoms with Crippen LogP contribution in [0.25, 0.3) is 0 Å². The van der Waals surface area contributed by atoms with Gasteiger partial charge in [0.15, 0.2) is 0 Å². The summed E-state index contributed by atoms with van der Waals surface area (Å²) in [5.74, 6) is 0.575. The van der Waals surface area contributed by atoms with Crippen LogP contribution in [-0.2, 0) is 0 Å². The Bertz CT molecular complexity index is 462. The van der Waals surface area contributed by atoms with E-state index in [2.05, 4.69) is 9.97 Å². The van der Waals surface area contributed by atoms with E-state index in [4.69, 9.17) is 9.47 Å². The monoisotopic (exact) mass is 218 g/mol. The predicted octanol–water partition coefficient (Wildman–Crippen LogP) is 1.64. The summed E-state index contributed by atoms with van der Waals surface area (Å²) in [5, 5.41) is 0. The van der Waals surface area contributed by atoms with Crippen molar-refractivity contribution in [1.82, 2.24) is 9.97 Å². The van der Waals surface area contributed by atoms with Crippen molar-refractivity contribution in [3.8, 4) is 11.6 Å². The van der Waals surface area contributed by atoms with Crippen LogP contribution >= 0.6 is 0 Å². The second kappa shape index (κ2) is 4.48. The van der Waals surface area contributed by atoms with E-state index in [0.29, 0.717) is 17.2 Å². The van der Waals surface area contributed by atoms with Gasteiger partial charge in [0.05, 0.1) is 25.2 Å². The van der Waals surface area contributed by atoms with Gasteiger partial charge in [-0.15, -0.1) is 0 Å². The number of methoxy groups -OCH3 is 1. The minimum atomic E-state index is -0.438. The van der Waals surface area contributed by atoms with Gasteiger partial charge in [0.1, 0.15) is 5.75 Å². The van der Waals surface area contributed by atoms with Gasteiger partial charge in [0, 0.05) is 0 Å². The first-order valence-electron chi connectivity index (χ1n) is 4.64. The van der Waals surface area contributed by atoms with E-state index in [9.17, 15) is 4.79 Å². The molecule has 2 aromatic rings. The number of carbonyl (C=O) groups excluding carboxylic acids is 1. The molecule has 0 saturated heterocycles. The van der Waals surface area contributed by atoms with Crippen LogP contribution in [0.5, 0.6) is 11.6 Å². The Hall–Kier alpha value is -2.30. The van der Waals surface area contributed by atoms with Crippen molar-refractivity contribution in [2.45, 2.75) is 0 Å². The van der Waals surface area contributed by atoms with Crippen molar-refractivity contribution < 1.29 is 14.3 Å². The van der Waals surface area contributed by atoms with Crippen LogP contribution in [-0.4, -0.2) is 23.0 Å². The number of hydrogen-bond donors (Lipinski definition) is 1. The Morgan fingerprint density at radius 1 is 1.31 bits per heavy atom. The molecule has 1 aromatic carbocycles. The number of nitrogens with zero attached hydrogens (tertiary/aromatic N) is 1. The third-order valence-corrected chi connectivity index (χ3v) is 2.00. The largest absolute Gasteiger partial charge is 0.497 e. The minimum Gasteiger partial charge on any atom is -0.497 e. The number of rotatable bonds is 3. The zero-order valence-electron chi connectivity index (χ0n) is 8.64. The number of carbonyl (C=O) groups is 1. The molecule has 0 spiro atoms. The van der Waals surface area contributed by atoms with Crippen molar-refractivity contribution in [2.24, 2.45) is 0 Å². The van der Waals surface area contributed by atoms with Crippen molar-refractivity contribution in [3.63, 3.8) is 0 Å². The quantitative estimate of drug-likeness (QED) is 0.795.